The van der Waals surface area contributed by atoms with Crippen LogP contribution in [0.3, 0.4) is 0 Å². The van der Waals surface area contributed by atoms with Gasteiger partial charge >= 0.3 is 0 Å². The van der Waals surface area contributed by atoms with Gasteiger partial charge in [0.05, 0.1) is 6.42 Å². The van der Waals surface area contributed by atoms with E-state index in [-0.39, 0.29) is 11.3 Å². The molecule has 116 valence electrons. The molecule has 1 aliphatic rings. The van der Waals surface area contributed by atoms with Crippen LogP contribution in [-0.2, 0) is 17.6 Å². The highest BCUT2D eigenvalue weighted by molar-refractivity contribution is 5.79. The van der Waals surface area contributed by atoms with E-state index in [1.165, 1.54) is 5.56 Å². The highest BCUT2D eigenvalue weighted by Gasteiger charge is 2.34. The topological polar surface area (TPSA) is 46.3 Å². The minimum atomic E-state index is 0.108. The van der Waals surface area contributed by atoms with E-state index in [4.69, 9.17) is 5.73 Å². The van der Waals surface area contributed by atoms with Crippen LogP contribution in [0.1, 0.15) is 38.3 Å². The van der Waals surface area contributed by atoms with Crippen LogP contribution in [0.5, 0.6) is 0 Å². The van der Waals surface area contributed by atoms with Gasteiger partial charge in [0.25, 0.3) is 0 Å². The zero-order chi connectivity index (χ0) is 15.5. The maximum absolute atomic E-state index is 12.4. The number of hydrogen-bond acceptors (Lipinski definition) is 2. The second-order valence-corrected chi connectivity index (χ2v) is 7.17. The smallest absolute Gasteiger partial charge is 0.227 e. The Bertz CT molecular complexity index is 480. The second-order valence-electron chi connectivity index (χ2n) is 7.17. The Hall–Kier alpha value is -1.35. The van der Waals surface area contributed by atoms with Crippen molar-refractivity contribution in [1.29, 1.82) is 0 Å². The maximum atomic E-state index is 12.4. The predicted octanol–water partition coefficient (Wildman–Crippen LogP) is 2.62. The Morgan fingerprint density at radius 1 is 1.29 bits per heavy atom. The number of hydrogen-bond donors (Lipinski definition) is 1. The van der Waals surface area contributed by atoms with Crippen molar-refractivity contribution in [2.24, 2.45) is 17.1 Å². The average molecular weight is 288 g/mol. The molecular formula is C18H28N2O. The van der Waals surface area contributed by atoms with Gasteiger partial charge in [-0.2, -0.15) is 0 Å². The van der Waals surface area contributed by atoms with Crippen molar-refractivity contribution >= 4 is 5.91 Å². The lowest BCUT2D eigenvalue weighted by molar-refractivity contribution is -0.129. The quantitative estimate of drug-likeness (QED) is 0.905. The molecule has 1 aromatic carbocycles. The number of amides is 1. The summed E-state index contributed by atoms with van der Waals surface area (Å²) in [6.45, 7) is 8.91. The third kappa shape index (κ3) is 4.31. The Kier molecular flexibility index (Phi) is 5.04. The molecule has 1 heterocycles. The highest BCUT2D eigenvalue weighted by atomic mass is 16.2. The summed E-state index contributed by atoms with van der Waals surface area (Å²) in [5.41, 5.74) is 8.36. The van der Waals surface area contributed by atoms with Gasteiger partial charge in [0.2, 0.25) is 5.91 Å². The molecule has 0 aromatic heterocycles. The number of rotatable bonds is 5. The fourth-order valence-corrected chi connectivity index (χ4v) is 2.95. The van der Waals surface area contributed by atoms with E-state index in [1.807, 2.05) is 4.90 Å². The molecule has 2 rings (SSSR count). The van der Waals surface area contributed by atoms with Gasteiger partial charge in [0.1, 0.15) is 0 Å². The molecule has 3 nitrogen and oxygen atoms in total. The first-order valence-corrected chi connectivity index (χ1v) is 7.97. The van der Waals surface area contributed by atoms with Crippen LogP contribution in [0, 0.1) is 11.3 Å². The van der Waals surface area contributed by atoms with E-state index in [2.05, 4.69) is 45.0 Å². The standard InChI is InChI=1S/C18H28N2O/c1-14(2)10-15-4-6-16(7-5-15)11-17(21)20-9-8-18(3,12-19)13-20/h4-7,14H,8-13,19H2,1-3H3. The predicted molar refractivity (Wildman–Crippen MR) is 87.0 cm³/mol. The molecule has 1 aromatic rings. The first kappa shape index (κ1) is 16.0. The first-order valence-electron chi connectivity index (χ1n) is 7.97. The molecule has 1 unspecified atom stereocenters. The number of likely N-dealkylation sites (tertiary alicyclic amines) is 1. The van der Waals surface area contributed by atoms with Gasteiger partial charge in [0, 0.05) is 13.1 Å². The number of benzene rings is 1. The summed E-state index contributed by atoms with van der Waals surface area (Å²) in [6, 6.07) is 8.48. The van der Waals surface area contributed by atoms with Crippen LogP contribution in [0.25, 0.3) is 0 Å². The Morgan fingerprint density at radius 3 is 2.43 bits per heavy atom. The van der Waals surface area contributed by atoms with Gasteiger partial charge < -0.3 is 10.6 Å². The monoisotopic (exact) mass is 288 g/mol. The lowest BCUT2D eigenvalue weighted by Crippen LogP contribution is -2.35. The van der Waals surface area contributed by atoms with Crippen molar-refractivity contribution in [2.75, 3.05) is 19.6 Å². The zero-order valence-corrected chi connectivity index (χ0v) is 13.6. The molecule has 1 aliphatic heterocycles. The van der Waals surface area contributed by atoms with Gasteiger partial charge in [-0.3, -0.25) is 4.79 Å². The largest absolute Gasteiger partial charge is 0.342 e. The van der Waals surface area contributed by atoms with Crippen molar-refractivity contribution in [2.45, 2.75) is 40.0 Å². The summed E-state index contributed by atoms with van der Waals surface area (Å²) in [5, 5.41) is 0. The lowest BCUT2D eigenvalue weighted by atomic mass is 9.90. The molecule has 21 heavy (non-hydrogen) atoms. The second kappa shape index (κ2) is 6.61. The molecule has 2 N–H and O–H groups in total. The summed E-state index contributed by atoms with van der Waals surface area (Å²) in [7, 11) is 0. The zero-order valence-electron chi connectivity index (χ0n) is 13.6. The van der Waals surface area contributed by atoms with Gasteiger partial charge in [-0.25, -0.2) is 0 Å². The molecule has 1 amide bonds. The highest BCUT2D eigenvalue weighted by Crippen LogP contribution is 2.28. The summed E-state index contributed by atoms with van der Waals surface area (Å²) >= 11 is 0. The first-order chi connectivity index (χ1) is 9.92. The molecule has 1 atom stereocenters. The third-order valence-electron chi connectivity index (χ3n) is 4.43. The third-order valence-corrected chi connectivity index (χ3v) is 4.43. The van der Waals surface area contributed by atoms with Gasteiger partial charge in [-0.05, 0) is 41.8 Å². The molecule has 1 saturated heterocycles. The van der Waals surface area contributed by atoms with Gasteiger partial charge in [-0.1, -0.05) is 45.0 Å². The van der Waals surface area contributed by atoms with Crippen LogP contribution in [0.4, 0.5) is 0 Å². The van der Waals surface area contributed by atoms with Crippen LogP contribution in [-0.4, -0.2) is 30.4 Å². The summed E-state index contributed by atoms with van der Waals surface area (Å²) in [4.78, 5) is 14.3. The number of carbonyl (C=O) groups excluding carboxylic acids is 1. The number of nitrogens with zero attached hydrogens (tertiary/aromatic N) is 1. The summed E-state index contributed by atoms with van der Waals surface area (Å²) in [5.74, 6) is 0.889. The molecule has 0 bridgehead atoms. The normalized spacial score (nSPS) is 22.0. The Balaban J connectivity index is 1.91. The van der Waals surface area contributed by atoms with Gasteiger partial charge in [-0.15, -0.1) is 0 Å². The van der Waals surface area contributed by atoms with E-state index >= 15 is 0 Å². The minimum absolute atomic E-state index is 0.108. The fourth-order valence-electron chi connectivity index (χ4n) is 2.95. The molecule has 3 heteroatoms. The summed E-state index contributed by atoms with van der Waals surface area (Å²) < 4.78 is 0. The van der Waals surface area contributed by atoms with Crippen LogP contribution >= 0.6 is 0 Å². The maximum Gasteiger partial charge on any atom is 0.227 e. The SMILES string of the molecule is CC(C)Cc1ccc(CC(=O)N2CCC(C)(CN)C2)cc1. The number of carbonyl (C=O) groups is 1. The van der Waals surface area contributed by atoms with Crippen molar-refractivity contribution in [1.82, 2.24) is 4.90 Å². The van der Waals surface area contributed by atoms with E-state index < -0.39 is 0 Å². The van der Waals surface area contributed by atoms with Crippen LogP contribution in [0.2, 0.25) is 0 Å². The molecule has 0 saturated carbocycles. The Morgan fingerprint density at radius 2 is 1.90 bits per heavy atom. The van der Waals surface area contributed by atoms with E-state index in [0.717, 1.165) is 31.5 Å². The van der Waals surface area contributed by atoms with E-state index in [0.29, 0.717) is 18.9 Å². The molecule has 1 fully saturated rings. The minimum Gasteiger partial charge on any atom is -0.342 e. The van der Waals surface area contributed by atoms with Crippen molar-refractivity contribution in [3.8, 4) is 0 Å². The molecule has 0 radical (unpaired) electrons. The van der Waals surface area contributed by atoms with Crippen molar-refractivity contribution in [3.05, 3.63) is 35.4 Å². The summed E-state index contributed by atoms with van der Waals surface area (Å²) in [6.07, 6.45) is 2.61. The van der Waals surface area contributed by atoms with Crippen molar-refractivity contribution in [3.63, 3.8) is 0 Å². The van der Waals surface area contributed by atoms with Crippen LogP contribution < -0.4 is 5.73 Å². The fraction of sp³-hybridized carbons (Fsp3) is 0.611. The van der Waals surface area contributed by atoms with E-state index in [1.54, 1.807) is 0 Å². The number of nitrogens with two attached hydrogens (primary N) is 1. The average Bonchev–Trinajstić information content (AvgIpc) is 2.84. The van der Waals surface area contributed by atoms with Crippen molar-refractivity contribution < 1.29 is 4.79 Å². The Labute approximate surface area is 128 Å². The van der Waals surface area contributed by atoms with Crippen LogP contribution in [0.15, 0.2) is 24.3 Å². The van der Waals surface area contributed by atoms with E-state index in [9.17, 15) is 4.79 Å². The lowest BCUT2D eigenvalue weighted by Gasteiger charge is -2.22. The molecule has 0 spiro atoms. The molecule has 0 aliphatic carbocycles. The van der Waals surface area contributed by atoms with Gasteiger partial charge in [0.15, 0.2) is 0 Å². The molecular weight excluding hydrogens is 260 g/mol.